The van der Waals surface area contributed by atoms with Crippen molar-refractivity contribution < 1.29 is 4.79 Å². The molecule has 0 bridgehead atoms. The summed E-state index contributed by atoms with van der Waals surface area (Å²) in [6.07, 6.45) is 3.72. The van der Waals surface area contributed by atoms with E-state index in [1.54, 1.807) is 12.3 Å². The summed E-state index contributed by atoms with van der Waals surface area (Å²) < 4.78 is 0. The molecule has 2 rings (SSSR count). The zero-order valence-electron chi connectivity index (χ0n) is 12.5. The second-order valence-electron chi connectivity index (χ2n) is 5.03. The molecule has 0 spiro atoms. The largest absolute Gasteiger partial charge is 0.354 e. The van der Waals surface area contributed by atoms with Gasteiger partial charge in [0.1, 0.15) is 5.69 Å². The van der Waals surface area contributed by atoms with Crippen molar-refractivity contribution in [3.63, 3.8) is 0 Å². The van der Waals surface area contributed by atoms with E-state index in [9.17, 15) is 4.79 Å². The zero-order chi connectivity index (χ0) is 15.1. The third kappa shape index (κ3) is 4.60. The lowest BCUT2D eigenvalue weighted by atomic mass is 10.2. The lowest BCUT2D eigenvalue weighted by Crippen LogP contribution is -2.25. The number of aromatic nitrogens is 1. The number of carbonyl (C=O) groups excluding carboxylic acids is 1. The van der Waals surface area contributed by atoms with Crippen LogP contribution >= 0.6 is 0 Å². The van der Waals surface area contributed by atoms with E-state index in [4.69, 9.17) is 0 Å². The molecule has 1 aromatic heterocycles. The van der Waals surface area contributed by atoms with Gasteiger partial charge in [0, 0.05) is 12.2 Å². The van der Waals surface area contributed by atoms with Crippen molar-refractivity contribution >= 4 is 17.3 Å². The first kappa shape index (κ1) is 15.0. The average Bonchev–Trinajstić information content (AvgIpc) is 2.50. The summed E-state index contributed by atoms with van der Waals surface area (Å²) in [4.78, 5) is 16.0. The number of aryl methyl sites for hydroxylation is 1. The van der Waals surface area contributed by atoms with Crippen LogP contribution in [0, 0.1) is 6.92 Å². The number of rotatable bonds is 6. The molecule has 0 saturated carbocycles. The molecule has 1 amide bonds. The third-order valence-electron chi connectivity index (χ3n) is 3.15. The number of anilines is 2. The van der Waals surface area contributed by atoms with Crippen LogP contribution in [0.5, 0.6) is 0 Å². The lowest BCUT2D eigenvalue weighted by Gasteiger charge is -2.07. The van der Waals surface area contributed by atoms with Gasteiger partial charge in [-0.05, 0) is 37.6 Å². The number of hydrogen-bond acceptors (Lipinski definition) is 3. The molecule has 1 heterocycles. The lowest BCUT2D eigenvalue weighted by molar-refractivity contribution is 0.0948. The van der Waals surface area contributed by atoms with Crippen molar-refractivity contribution in [3.05, 3.63) is 53.9 Å². The molecule has 21 heavy (non-hydrogen) atoms. The Morgan fingerprint density at radius 1 is 1.10 bits per heavy atom. The van der Waals surface area contributed by atoms with Crippen molar-refractivity contribution in [2.45, 2.75) is 26.7 Å². The quantitative estimate of drug-likeness (QED) is 0.795. The Morgan fingerprint density at radius 3 is 2.43 bits per heavy atom. The Hall–Kier alpha value is -2.36. The second-order valence-corrected chi connectivity index (χ2v) is 5.03. The van der Waals surface area contributed by atoms with Crippen molar-refractivity contribution in [2.24, 2.45) is 0 Å². The van der Waals surface area contributed by atoms with Gasteiger partial charge in [-0.3, -0.25) is 4.79 Å². The molecular formula is C17H21N3O. The van der Waals surface area contributed by atoms with Crippen molar-refractivity contribution in [3.8, 4) is 0 Å². The maximum atomic E-state index is 11.8. The minimum absolute atomic E-state index is 0.120. The molecule has 0 saturated heterocycles. The van der Waals surface area contributed by atoms with Gasteiger partial charge < -0.3 is 10.6 Å². The minimum atomic E-state index is -0.120. The van der Waals surface area contributed by atoms with Crippen LogP contribution in [0.2, 0.25) is 0 Å². The first-order valence-corrected chi connectivity index (χ1v) is 7.27. The summed E-state index contributed by atoms with van der Waals surface area (Å²) in [6.45, 7) is 4.84. The Balaban J connectivity index is 1.95. The topological polar surface area (TPSA) is 54.0 Å². The van der Waals surface area contributed by atoms with Gasteiger partial charge in [-0.15, -0.1) is 0 Å². The van der Waals surface area contributed by atoms with Crippen molar-refractivity contribution in [2.75, 3.05) is 11.9 Å². The molecule has 2 N–H and O–H groups in total. The fourth-order valence-electron chi connectivity index (χ4n) is 1.87. The van der Waals surface area contributed by atoms with E-state index in [1.165, 1.54) is 5.56 Å². The molecule has 0 unspecified atom stereocenters. The molecule has 4 nitrogen and oxygen atoms in total. The number of carbonyl (C=O) groups is 1. The van der Waals surface area contributed by atoms with Gasteiger partial charge in [0.2, 0.25) is 0 Å². The highest BCUT2D eigenvalue weighted by atomic mass is 16.1. The molecule has 0 radical (unpaired) electrons. The highest BCUT2D eigenvalue weighted by molar-refractivity contribution is 5.92. The highest BCUT2D eigenvalue weighted by Crippen LogP contribution is 2.16. The van der Waals surface area contributed by atoms with Gasteiger partial charge in [0.15, 0.2) is 0 Å². The summed E-state index contributed by atoms with van der Waals surface area (Å²) in [7, 11) is 0. The maximum Gasteiger partial charge on any atom is 0.269 e. The highest BCUT2D eigenvalue weighted by Gasteiger charge is 2.06. The molecule has 2 aromatic rings. The minimum Gasteiger partial charge on any atom is -0.354 e. The number of pyridine rings is 1. The Labute approximate surface area is 125 Å². The summed E-state index contributed by atoms with van der Waals surface area (Å²) in [6, 6.07) is 11.7. The Bertz CT molecular complexity index is 576. The molecular weight excluding hydrogens is 262 g/mol. The van der Waals surface area contributed by atoms with E-state index in [0.717, 1.165) is 24.2 Å². The van der Waals surface area contributed by atoms with E-state index in [-0.39, 0.29) is 5.91 Å². The van der Waals surface area contributed by atoms with Gasteiger partial charge in [-0.1, -0.05) is 31.0 Å². The van der Waals surface area contributed by atoms with Gasteiger partial charge in [-0.25, -0.2) is 4.98 Å². The predicted octanol–water partition coefficient (Wildman–Crippen LogP) is 3.66. The van der Waals surface area contributed by atoms with Gasteiger partial charge >= 0.3 is 0 Å². The van der Waals surface area contributed by atoms with Gasteiger partial charge in [-0.2, -0.15) is 0 Å². The number of hydrogen-bond donors (Lipinski definition) is 2. The average molecular weight is 283 g/mol. The predicted molar refractivity (Wildman–Crippen MR) is 85.9 cm³/mol. The van der Waals surface area contributed by atoms with Crippen LogP contribution < -0.4 is 10.6 Å². The molecule has 0 fully saturated rings. The molecule has 0 atom stereocenters. The Kier molecular flexibility index (Phi) is 5.32. The van der Waals surface area contributed by atoms with Crippen LogP contribution in [0.15, 0.2) is 42.6 Å². The summed E-state index contributed by atoms with van der Waals surface area (Å²) >= 11 is 0. The summed E-state index contributed by atoms with van der Waals surface area (Å²) in [5, 5.41) is 6.11. The maximum absolute atomic E-state index is 11.8. The molecule has 0 aliphatic carbocycles. The normalized spacial score (nSPS) is 10.2. The van der Waals surface area contributed by atoms with Crippen molar-refractivity contribution in [1.82, 2.24) is 10.3 Å². The molecule has 0 aliphatic rings. The molecule has 0 aliphatic heterocycles. The fourth-order valence-corrected chi connectivity index (χ4v) is 1.87. The number of amides is 1. The molecule has 110 valence electrons. The number of nitrogens with zero attached hydrogens (tertiary/aromatic N) is 1. The molecule has 1 aromatic carbocycles. The van der Waals surface area contributed by atoms with Crippen LogP contribution in [-0.4, -0.2) is 17.4 Å². The smallest absolute Gasteiger partial charge is 0.269 e. The van der Waals surface area contributed by atoms with Crippen LogP contribution in [0.1, 0.15) is 35.8 Å². The number of nitrogens with one attached hydrogen (secondary N) is 2. The monoisotopic (exact) mass is 283 g/mol. The van der Waals surface area contributed by atoms with Crippen molar-refractivity contribution in [1.29, 1.82) is 0 Å². The second kappa shape index (κ2) is 7.43. The van der Waals surface area contributed by atoms with E-state index >= 15 is 0 Å². The van der Waals surface area contributed by atoms with Crippen LogP contribution in [0.25, 0.3) is 0 Å². The Morgan fingerprint density at radius 2 is 1.81 bits per heavy atom. The number of unbranched alkanes of at least 4 members (excludes halogenated alkanes) is 1. The zero-order valence-corrected chi connectivity index (χ0v) is 12.5. The van der Waals surface area contributed by atoms with Crippen LogP contribution in [-0.2, 0) is 0 Å². The van der Waals surface area contributed by atoms with Gasteiger partial charge in [0.25, 0.3) is 5.91 Å². The fraction of sp³-hybridized carbons (Fsp3) is 0.294. The van der Waals surface area contributed by atoms with Gasteiger partial charge in [0.05, 0.1) is 11.9 Å². The van der Waals surface area contributed by atoms with Crippen LogP contribution in [0.3, 0.4) is 0 Å². The summed E-state index contributed by atoms with van der Waals surface area (Å²) in [5.74, 6) is -0.120. The van der Waals surface area contributed by atoms with E-state index in [0.29, 0.717) is 12.2 Å². The van der Waals surface area contributed by atoms with Crippen LogP contribution in [0.4, 0.5) is 11.4 Å². The van der Waals surface area contributed by atoms with E-state index < -0.39 is 0 Å². The first-order chi connectivity index (χ1) is 10.2. The third-order valence-corrected chi connectivity index (χ3v) is 3.15. The molecule has 4 heteroatoms. The SMILES string of the molecule is CCCCNC(=O)c1ccc(Nc2ccc(C)cc2)cn1. The number of benzene rings is 1. The summed E-state index contributed by atoms with van der Waals surface area (Å²) in [5.41, 5.74) is 3.53. The van der Waals surface area contributed by atoms with E-state index in [2.05, 4.69) is 29.5 Å². The standard InChI is InChI=1S/C17H21N3O/c1-3-4-11-18-17(21)16-10-9-15(12-19-16)20-14-7-5-13(2)6-8-14/h5-10,12,20H,3-4,11H2,1-2H3,(H,18,21). The first-order valence-electron chi connectivity index (χ1n) is 7.27. The van der Waals surface area contributed by atoms with E-state index in [1.807, 2.05) is 30.3 Å².